The highest BCUT2D eigenvalue weighted by Crippen LogP contribution is 2.34. The third kappa shape index (κ3) is 4.54. The van der Waals surface area contributed by atoms with E-state index in [1.54, 1.807) is 30.3 Å². The summed E-state index contributed by atoms with van der Waals surface area (Å²) in [6, 6.07) is 9.60. The number of halogens is 3. The number of hydrogen-bond donors (Lipinski definition) is 2. The van der Waals surface area contributed by atoms with Crippen LogP contribution in [0.1, 0.15) is 27.0 Å². The van der Waals surface area contributed by atoms with Crippen LogP contribution in [0.15, 0.2) is 42.5 Å². The Balaban J connectivity index is 2.28. The monoisotopic (exact) mass is 363 g/mol. The van der Waals surface area contributed by atoms with Gasteiger partial charge in [0.05, 0.1) is 16.8 Å². The molecule has 0 fully saturated rings. The molecule has 2 aromatic rings. The molecule has 26 heavy (non-hydrogen) atoms. The van der Waals surface area contributed by atoms with Crippen molar-refractivity contribution in [1.82, 2.24) is 0 Å². The van der Waals surface area contributed by atoms with Gasteiger partial charge >= 0.3 is 18.2 Å². The van der Waals surface area contributed by atoms with Crippen molar-refractivity contribution in [2.75, 3.05) is 5.32 Å². The zero-order chi connectivity index (χ0) is 19.3. The van der Waals surface area contributed by atoms with E-state index in [0.717, 1.165) is 0 Å². The van der Waals surface area contributed by atoms with Crippen LogP contribution in [0.25, 0.3) is 0 Å². The van der Waals surface area contributed by atoms with Crippen LogP contribution in [0.5, 0.6) is 0 Å². The highest BCUT2D eigenvalue weighted by Gasteiger charge is 2.33. The van der Waals surface area contributed by atoms with E-state index in [0.29, 0.717) is 17.7 Å². The van der Waals surface area contributed by atoms with Gasteiger partial charge in [-0.3, -0.25) is 5.32 Å². The van der Waals surface area contributed by atoms with Crippen LogP contribution in [-0.4, -0.2) is 17.2 Å². The normalized spacial score (nSPS) is 10.7. The lowest BCUT2D eigenvalue weighted by molar-refractivity contribution is -0.137. The van der Waals surface area contributed by atoms with Gasteiger partial charge in [-0.1, -0.05) is 36.3 Å². The summed E-state index contributed by atoms with van der Waals surface area (Å²) in [7, 11) is 0. The third-order valence-corrected chi connectivity index (χ3v) is 3.29. The number of hydrogen-bond acceptors (Lipinski definition) is 3. The molecule has 134 valence electrons. The van der Waals surface area contributed by atoms with Crippen molar-refractivity contribution >= 4 is 17.7 Å². The molecule has 8 heteroatoms. The molecule has 0 spiro atoms. The molecular weight excluding hydrogens is 351 g/mol. The lowest BCUT2D eigenvalue weighted by Gasteiger charge is -2.15. The Bertz CT molecular complexity index is 870. The summed E-state index contributed by atoms with van der Waals surface area (Å²) in [4.78, 5) is 23.2. The summed E-state index contributed by atoms with van der Waals surface area (Å²) in [6.07, 6.45) is -0.668. The summed E-state index contributed by atoms with van der Waals surface area (Å²) < 4.78 is 43.6. The first kappa shape index (κ1) is 18.9. The Kier molecular flexibility index (Phi) is 5.52. The minimum atomic E-state index is -4.79. The number of amides is 1. The molecule has 0 aliphatic heterocycles. The molecule has 0 aliphatic rings. The van der Waals surface area contributed by atoms with Crippen LogP contribution in [0.3, 0.4) is 0 Å². The molecule has 0 atom stereocenters. The van der Waals surface area contributed by atoms with E-state index in [-0.39, 0.29) is 6.61 Å². The number of alkyl halides is 3. The van der Waals surface area contributed by atoms with Crippen molar-refractivity contribution in [3.63, 3.8) is 0 Å². The molecular formula is C18H12F3NO4. The van der Waals surface area contributed by atoms with Gasteiger partial charge in [0.1, 0.15) is 6.61 Å². The summed E-state index contributed by atoms with van der Waals surface area (Å²) >= 11 is 0. The second-order valence-electron chi connectivity index (χ2n) is 5.08. The molecule has 0 radical (unpaired) electrons. The Labute approximate surface area is 146 Å². The van der Waals surface area contributed by atoms with E-state index in [1.807, 2.05) is 5.92 Å². The molecule has 0 saturated carbocycles. The lowest BCUT2D eigenvalue weighted by Crippen LogP contribution is -2.18. The van der Waals surface area contributed by atoms with Gasteiger partial charge in [0.15, 0.2) is 0 Å². The van der Waals surface area contributed by atoms with Crippen molar-refractivity contribution in [3.8, 4) is 12.3 Å². The molecule has 1 amide bonds. The number of aromatic carboxylic acids is 1. The minimum Gasteiger partial charge on any atom is -0.478 e. The maximum Gasteiger partial charge on any atom is 0.416 e. The minimum absolute atomic E-state index is 0.110. The molecule has 0 aromatic heterocycles. The number of nitrogens with one attached hydrogen (secondary N) is 1. The number of anilines is 1. The third-order valence-electron chi connectivity index (χ3n) is 3.29. The first-order valence-corrected chi connectivity index (χ1v) is 7.15. The van der Waals surface area contributed by atoms with Crippen LogP contribution in [0.4, 0.5) is 23.7 Å². The first-order valence-electron chi connectivity index (χ1n) is 7.15. The maximum absolute atomic E-state index is 12.9. The molecule has 0 saturated heterocycles. The Morgan fingerprint density at radius 3 is 2.38 bits per heavy atom. The highest BCUT2D eigenvalue weighted by molar-refractivity contribution is 6.00. The average Bonchev–Trinajstić information content (AvgIpc) is 2.59. The zero-order valence-corrected chi connectivity index (χ0v) is 13.1. The second-order valence-corrected chi connectivity index (χ2v) is 5.08. The number of carboxylic acid groups (broad SMARTS) is 1. The smallest absolute Gasteiger partial charge is 0.416 e. The predicted molar refractivity (Wildman–Crippen MR) is 86.6 cm³/mol. The predicted octanol–water partition coefficient (Wildman–Crippen LogP) is 4.13. The molecule has 0 aliphatic carbocycles. The quantitative estimate of drug-likeness (QED) is 0.801. The Morgan fingerprint density at radius 2 is 1.85 bits per heavy atom. The largest absolute Gasteiger partial charge is 0.478 e. The molecule has 0 bridgehead atoms. The van der Waals surface area contributed by atoms with Crippen LogP contribution >= 0.6 is 0 Å². The Morgan fingerprint density at radius 1 is 1.19 bits per heavy atom. The molecule has 2 N–H and O–H groups in total. The van der Waals surface area contributed by atoms with E-state index in [9.17, 15) is 22.8 Å². The van der Waals surface area contributed by atoms with Gasteiger partial charge in [-0.25, -0.2) is 9.59 Å². The summed E-state index contributed by atoms with van der Waals surface area (Å²) in [5.74, 6) is 0.274. The number of terminal acetylenes is 1. The summed E-state index contributed by atoms with van der Waals surface area (Å²) in [5, 5.41) is 11.3. The van der Waals surface area contributed by atoms with Crippen molar-refractivity contribution in [1.29, 1.82) is 0 Å². The van der Waals surface area contributed by atoms with Crippen molar-refractivity contribution < 1.29 is 32.6 Å². The number of benzene rings is 2. The van der Waals surface area contributed by atoms with E-state index in [1.165, 1.54) is 0 Å². The van der Waals surface area contributed by atoms with Crippen molar-refractivity contribution in [2.24, 2.45) is 0 Å². The number of carbonyl (C=O) groups excluding carboxylic acids is 1. The first-order chi connectivity index (χ1) is 12.2. The fourth-order valence-electron chi connectivity index (χ4n) is 2.08. The lowest BCUT2D eigenvalue weighted by atomic mass is 10.0. The van der Waals surface area contributed by atoms with Gasteiger partial charge in [-0.2, -0.15) is 13.2 Å². The number of carboxylic acids is 1. The van der Waals surface area contributed by atoms with E-state index >= 15 is 0 Å². The number of carbonyl (C=O) groups is 2. The molecule has 5 nitrogen and oxygen atoms in total. The van der Waals surface area contributed by atoms with E-state index in [2.05, 4.69) is 5.32 Å². The summed E-state index contributed by atoms with van der Waals surface area (Å²) in [6.45, 7) is -0.110. The molecule has 0 unspecified atom stereocenters. The molecule has 2 aromatic carbocycles. The van der Waals surface area contributed by atoms with Crippen molar-refractivity contribution in [3.05, 3.63) is 64.7 Å². The fourth-order valence-corrected chi connectivity index (χ4v) is 2.08. The topological polar surface area (TPSA) is 75.6 Å². The van der Waals surface area contributed by atoms with Crippen LogP contribution < -0.4 is 5.32 Å². The van der Waals surface area contributed by atoms with Gasteiger partial charge in [-0.15, -0.1) is 6.42 Å². The van der Waals surface area contributed by atoms with E-state index < -0.39 is 40.6 Å². The maximum atomic E-state index is 12.9. The zero-order valence-electron chi connectivity index (χ0n) is 13.1. The van der Waals surface area contributed by atoms with Gasteiger partial charge in [0.25, 0.3) is 0 Å². The van der Waals surface area contributed by atoms with Crippen molar-refractivity contribution in [2.45, 2.75) is 12.8 Å². The summed E-state index contributed by atoms with van der Waals surface area (Å²) in [5.41, 5.74) is -2.21. The van der Waals surface area contributed by atoms with Gasteiger partial charge in [0, 0.05) is 5.56 Å². The molecule has 2 rings (SSSR count). The number of ether oxygens (including phenoxy) is 1. The SMILES string of the molecule is C#Cc1cc(C(F)(F)F)cc(C(=O)O)c1NC(=O)OCc1ccccc1. The average molecular weight is 363 g/mol. The second kappa shape index (κ2) is 7.61. The fraction of sp³-hybridized carbons (Fsp3) is 0.111. The van der Waals surface area contributed by atoms with Crippen LogP contribution in [-0.2, 0) is 17.5 Å². The molecule has 0 heterocycles. The van der Waals surface area contributed by atoms with Gasteiger partial charge < -0.3 is 9.84 Å². The van der Waals surface area contributed by atoms with E-state index in [4.69, 9.17) is 16.3 Å². The standard InChI is InChI=1S/C18H12F3NO4/c1-2-12-8-13(18(19,20)21)9-14(16(23)24)15(12)22-17(25)26-10-11-6-4-3-5-7-11/h1,3-9H,10H2,(H,22,25)(H,23,24). The van der Waals surface area contributed by atoms with Crippen LogP contribution in [0, 0.1) is 12.3 Å². The Hall–Kier alpha value is -3.47. The highest BCUT2D eigenvalue weighted by atomic mass is 19.4. The van der Waals surface area contributed by atoms with Gasteiger partial charge in [-0.05, 0) is 17.7 Å². The number of rotatable bonds is 4. The van der Waals surface area contributed by atoms with Crippen LogP contribution in [0.2, 0.25) is 0 Å². The van der Waals surface area contributed by atoms with Gasteiger partial charge in [0.2, 0.25) is 0 Å².